The van der Waals surface area contributed by atoms with Gasteiger partial charge in [0.2, 0.25) is 0 Å². The van der Waals surface area contributed by atoms with Crippen molar-refractivity contribution in [2.75, 3.05) is 0 Å². The molecule has 1 saturated carbocycles. The smallest absolute Gasteiger partial charge is 0.315 e. The average molecular weight is 284 g/mol. The maximum absolute atomic E-state index is 12.0. The molecule has 1 rings (SSSR count). The highest BCUT2D eigenvalue weighted by molar-refractivity contribution is 5.76. The Balaban J connectivity index is 2.50. The third-order valence-corrected chi connectivity index (χ3v) is 4.20. The second kappa shape index (κ2) is 7.50. The molecular weight excluding hydrogens is 256 g/mol. The van der Waals surface area contributed by atoms with Gasteiger partial charge in [-0.2, -0.15) is 0 Å². The number of nitrogens with one attached hydrogen (secondary N) is 2. The minimum absolute atomic E-state index is 0.0535. The molecule has 4 atom stereocenters. The van der Waals surface area contributed by atoms with Crippen LogP contribution >= 0.6 is 0 Å². The Hall–Kier alpha value is -1.26. The molecule has 1 aliphatic carbocycles. The van der Waals surface area contributed by atoms with Gasteiger partial charge < -0.3 is 15.7 Å². The number of carbonyl (C=O) groups excluding carboxylic acids is 1. The van der Waals surface area contributed by atoms with Gasteiger partial charge in [0.1, 0.15) is 0 Å². The standard InChI is InChI=1S/C15H28N2O3/c1-9(2)12-6-5-10(3)7-13(12)17-15(20)16-11(4)8-14(18)19/h9-13H,5-8H2,1-4H3,(H,18,19)(H2,16,17,20)/t10-,11?,12+,13+/m1/s1. The zero-order chi connectivity index (χ0) is 15.3. The van der Waals surface area contributed by atoms with E-state index in [1.807, 2.05) is 0 Å². The summed E-state index contributed by atoms with van der Waals surface area (Å²) in [5, 5.41) is 14.4. The van der Waals surface area contributed by atoms with E-state index in [1.165, 1.54) is 6.42 Å². The third-order valence-electron chi connectivity index (χ3n) is 4.20. The number of carboxylic acid groups (broad SMARTS) is 1. The molecule has 0 bridgehead atoms. The first kappa shape index (κ1) is 16.8. The normalized spacial score (nSPS) is 27.9. The minimum Gasteiger partial charge on any atom is -0.481 e. The number of hydrogen-bond acceptors (Lipinski definition) is 2. The van der Waals surface area contributed by atoms with Crippen LogP contribution in [0.4, 0.5) is 4.79 Å². The van der Waals surface area contributed by atoms with E-state index in [1.54, 1.807) is 6.92 Å². The molecule has 1 fully saturated rings. The van der Waals surface area contributed by atoms with Gasteiger partial charge in [-0.1, -0.05) is 27.2 Å². The maximum atomic E-state index is 12.0. The molecule has 0 spiro atoms. The number of carboxylic acids is 1. The van der Waals surface area contributed by atoms with E-state index in [0.717, 1.165) is 12.8 Å². The molecule has 2 amide bonds. The van der Waals surface area contributed by atoms with E-state index in [4.69, 9.17) is 5.11 Å². The summed E-state index contributed by atoms with van der Waals surface area (Å²) in [7, 11) is 0. The molecule has 0 aromatic carbocycles. The van der Waals surface area contributed by atoms with E-state index in [2.05, 4.69) is 31.4 Å². The van der Waals surface area contributed by atoms with Crippen LogP contribution in [0.2, 0.25) is 0 Å². The third kappa shape index (κ3) is 5.39. The second-order valence-corrected chi connectivity index (χ2v) is 6.55. The fourth-order valence-corrected chi connectivity index (χ4v) is 3.12. The van der Waals surface area contributed by atoms with Crippen molar-refractivity contribution in [1.82, 2.24) is 10.6 Å². The zero-order valence-electron chi connectivity index (χ0n) is 13.0. The van der Waals surface area contributed by atoms with Crippen LogP contribution in [0.15, 0.2) is 0 Å². The van der Waals surface area contributed by atoms with Gasteiger partial charge in [0.15, 0.2) is 0 Å². The lowest BCUT2D eigenvalue weighted by molar-refractivity contribution is -0.137. The highest BCUT2D eigenvalue weighted by atomic mass is 16.4. The molecule has 1 aliphatic rings. The number of rotatable bonds is 5. The highest BCUT2D eigenvalue weighted by Gasteiger charge is 2.31. The Morgan fingerprint density at radius 2 is 1.90 bits per heavy atom. The Kier molecular flexibility index (Phi) is 6.30. The fraction of sp³-hybridized carbons (Fsp3) is 0.867. The van der Waals surface area contributed by atoms with Crippen molar-refractivity contribution in [1.29, 1.82) is 0 Å². The summed E-state index contributed by atoms with van der Waals surface area (Å²) < 4.78 is 0. The SMILES string of the molecule is CC(CC(=O)O)NC(=O)N[C@H]1C[C@H](C)CC[C@H]1C(C)C. The Morgan fingerprint density at radius 1 is 1.25 bits per heavy atom. The van der Waals surface area contributed by atoms with Crippen LogP contribution in [0, 0.1) is 17.8 Å². The van der Waals surface area contributed by atoms with Gasteiger partial charge in [-0.05, 0) is 37.5 Å². The number of aliphatic carboxylic acids is 1. The minimum atomic E-state index is -0.899. The molecule has 0 aromatic rings. The number of urea groups is 1. The Morgan fingerprint density at radius 3 is 2.45 bits per heavy atom. The van der Waals surface area contributed by atoms with E-state index in [9.17, 15) is 9.59 Å². The predicted molar refractivity (Wildman–Crippen MR) is 78.5 cm³/mol. The largest absolute Gasteiger partial charge is 0.481 e. The first-order valence-corrected chi connectivity index (χ1v) is 7.58. The van der Waals surface area contributed by atoms with Crippen LogP contribution < -0.4 is 10.6 Å². The van der Waals surface area contributed by atoms with Crippen molar-refractivity contribution in [3.8, 4) is 0 Å². The van der Waals surface area contributed by atoms with Crippen LogP contribution in [-0.2, 0) is 4.79 Å². The van der Waals surface area contributed by atoms with Crippen LogP contribution in [-0.4, -0.2) is 29.2 Å². The quantitative estimate of drug-likeness (QED) is 0.726. The lowest BCUT2D eigenvalue weighted by Gasteiger charge is -2.37. The van der Waals surface area contributed by atoms with Gasteiger partial charge in [-0.15, -0.1) is 0 Å². The maximum Gasteiger partial charge on any atom is 0.315 e. The summed E-state index contributed by atoms with van der Waals surface area (Å²) in [6.07, 6.45) is 3.32. The molecule has 3 N–H and O–H groups in total. The monoisotopic (exact) mass is 284 g/mol. The summed E-state index contributed by atoms with van der Waals surface area (Å²) in [5.74, 6) is 0.784. The average Bonchev–Trinajstić information content (AvgIpc) is 2.26. The van der Waals surface area contributed by atoms with Gasteiger partial charge in [0, 0.05) is 12.1 Å². The molecule has 0 aromatic heterocycles. The van der Waals surface area contributed by atoms with Crippen molar-refractivity contribution in [2.24, 2.45) is 17.8 Å². The molecule has 0 aliphatic heterocycles. The lowest BCUT2D eigenvalue weighted by Crippen LogP contribution is -2.51. The summed E-state index contributed by atoms with van der Waals surface area (Å²) in [6.45, 7) is 8.31. The van der Waals surface area contributed by atoms with Gasteiger partial charge >= 0.3 is 12.0 Å². The van der Waals surface area contributed by atoms with Crippen molar-refractivity contribution >= 4 is 12.0 Å². The van der Waals surface area contributed by atoms with Crippen molar-refractivity contribution in [3.05, 3.63) is 0 Å². The van der Waals surface area contributed by atoms with Crippen molar-refractivity contribution < 1.29 is 14.7 Å². The van der Waals surface area contributed by atoms with Crippen LogP contribution in [0.3, 0.4) is 0 Å². The lowest BCUT2D eigenvalue weighted by atomic mass is 9.74. The van der Waals surface area contributed by atoms with Gasteiger partial charge in [-0.25, -0.2) is 4.79 Å². The van der Waals surface area contributed by atoms with E-state index >= 15 is 0 Å². The number of carbonyl (C=O) groups is 2. The molecule has 20 heavy (non-hydrogen) atoms. The second-order valence-electron chi connectivity index (χ2n) is 6.55. The summed E-state index contributed by atoms with van der Waals surface area (Å²) >= 11 is 0. The highest BCUT2D eigenvalue weighted by Crippen LogP contribution is 2.33. The van der Waals surface area contributed by atoms with Crippen LogP contribution in [0.1, 0.15) is 53.4 Å². The van der Waals surface area contributed by atoms with Gasteiger partial charge in [-0.3, -0.25) is 4.79 Å². The summed E-state index contributed by atoms with van der Waals surface area (Å²) in [6, 6.07) is -0.412. The molecule has 5 nitrogen and oxygen atoms in total. The molecule has 0 saturated heterocycles. The van der Waals surface area contributed by atoms with Crippen molar-refractivity contribution in [3.63, 3.8) is 0 Å². The first-order valence-electron chi connectivity index (χ1n) is 7.58. The fourth-order valence-electron chi connectivity index (χ4n) is 3.12. The molecule has 116 valence electrons. The molecule has 0 heterocycles. The van der Waals surface area contributed by atoms with Crippen molar-refractivity contribution in [2.45, 2.75) is 65.5 Å². The summed E-state index contributed by atoms with van der Waals surface area (Å²) in [4.78, 5) is 22.6. The molecular formula is C15H28N2O3. The molecule has 0 radical (unpaired) electrons. The summed E-state index contributed by atoms with van der Waals surface area (Å²) in [5.41, 5.74) is 0. The first-order chi connectivity index (χ1) is 9.29. The number of amides is 2. The van der Waals surface area contributed by atoms with E-state index in [-0.39, 0.29) is 24.5 Å². The van der Waals surface area contributed by atoms with Crippen LogP contribution in [0.5, 0.6) is 0 Å². The van der Waals surface area contributed by atoms with Gasteiger partial charge in [0.25, 0.3) is 0 Å². The Labute approximate surface area is 121 Å². The Bertz CT molecular complexity index is 344. The predicted octanol–water partition coefficient (Wildman–Crippen LogP) is 2.61. The topological polar surface area (TPSA) is 78.4 Å². The molecule has 1 unspecified atom stereocenters. The number of hydrogen-bond donors (Lipinski definition) is 3. The van der Waals surface area contributed by atoms with E-state index < -0.39 is 5.97 Å². The van der Waals surface area contributed by atoms with Crippen LogP contribution in [0.25, 0.3) is 0 Å². The van der Waals surface area contributed by atoms with Gasteiger partial charge in [0.05, 0.1) is 6.42 Å². The van der Waals surface area contributed by atoms with E-state index in [0.29, 0.717) is 17.8 Å². The molecule has 5 heteroatoms. The zero-order valence-corrected chi connectivity index (χ0v) is 13.0.